The summed E-state index contributed by atoms with van der Waals surface area (Å²) in [6, 6.07) is 12.1. The average molecular weight is 393 g/mol. The smallest absolute Gasteiger partial charge is 0.338 e. The zero-order chi connectivity index (χ0) is 18.9. The number of hydrogen-bond acceptors (Lipinski definition) is 4. The van der Waals surface area contributed by atoms with Crippen molar-refractivity contribution >= 4 is 46.5 Å². The van der Waals surface area contributed by atoms with Crippen LogP contribution in [0.1, 0.15) is 24.2 Å². The molecule has 1 aliphatic rings. The van der Waals surface area contributed by atoms with Gasteiger partial charge in [-0.1, -0.05) is 35.3 Å². The molecule has 5 nitrogen and oxygen atoms in total. The Labute approximate surface area is 161 Å². The molecule has 0 spiro atoms. The first-order valence-corrected chi connectivity index (χ1v) is 8.86. The summed E-state index contributed by atoms with van der Waals surface area (Å²) in [5, 5.41) is 3.88. The molecule has 1 heterocycles. The Morgan fingerprint density at radius 2 is 1.88 bits per heavy atom. The molecule has 7 heteroatoms. The normalized spacial score (nSPS) is 15.2. The molecule has 2 aromatic carbocycles. The third-order valence-electron chi connectivity index (χ3n) is 4.13. The number of halogens is 2. The van der Waals surface area contributed by atoms with Crippen molar-refractivity contribution in [2.75, 3.05) is 23.4 Å². The van der Waals surface area contributed by atoms with Crippen LogP contribution in [-0.2, 0) is 9.53 Å². The van der Waals surface area contributed by atoms with Crippen molar-refractivity contribution in [1.29, 1.82) is 0 Å². The number of carbonyl (C=O) groups excluding carboxylic acids is 2. The summed E-state index contributed by atoms with van der Waals surface area (Å²) in [5.74, 6) is -0.597. The molecule has 0 unspecified atom stereocenters. The van der Waals surface area contributed by atoms with Gasteiger partial charge in [0.1, 0.15) is 12.1 Å². The fourth-order valence-corrected chi connectivity index (χ4v) is 3.11. The Bertz CT molecular complexity index is 868. The summed E-state index contributed by atoms with van der Waals surface area (Å²) in [7, 11) is 0. The largest absolute Gasteiger partial charge is 0.460 e. The van der Waals surface area contributed by atoms with E-state index in [-0.39, 0.29) is 24.1 Å². The number of carbonyl (C=O) groups is 2. The number of fused-ring (bicyclic) bond motifs is 1. The maximum atomic E-state index is 12.7. The third kappa shape index (κ3) is 3.64. The molecule has 136 valence electrons. The number of rotatable bonds is 4. The highest BCUT2D eigenvalue weighted by atomic mass is 35.5. The predicted molar refractivity (Wildman–Crippen MR) is 103 cm³/mol. The van der Waals surface area contributed by atoms with Crippen LogP contribution in [0.4, 0.5) is 11.4 Å². The molecule has 2 aromatic rings. The molecule has 0 atom stereocenters. The van der Waals surface area contributed by atoms with Crippen LogP contribution < -0.4 is 10.2 Å². The first-order chi connectivity index (χ1) is 12.3. The lowest BCUT2D eigenvalue weighted by molar-refractivity contribution is -0.122. The maximum Gasteiger partial charge on any atom is 0.338 e. The van der Waals surface area contributed by atoms with Crippen LogP contribution in [0.5, 0.6) is 0 Å². The third-order valence-corrected chi connectivity index (χ3v) is 4.86. The Kier molecular flexibility index (Phi) is 5.12. The number of esters is 1. The van der Waals surface area contributed by atoms with Crippen molar-refractivity contribution in [1.82, 2.24) is 0 Å². The molecule has 0 aliphatic carbocycles. The minimum atomic E-state index is -0.734. The number of nitrogens with zero attached hydrogens (tertiary/aromatic N) is 1. The highest BCUT2D eigenvalue weighted by molar-refractivity contribution is 6.42. The summed E-state index contributed by atoms with van der Waals surface area (Å²) in [6.45, 7) is 3.96. The molecule has 0 saturated heterocycles. The monoisotopic (exact) mass is 392 g/mol. The minimum Gasteiger partial charge on any atom is -0.460 e. The molecule has 0 fully saturated rings. The highest BCUT2D eigenvalue weighted by Crippen LogP contribution is 2.34. The van der Waals surface area contributed by atoms with Crippen molar-refractivity contribution in [3.63, 3.8) is 0 Å². The fraction of sp³-hybridized carbons (Fsp3) is 0.263. The van der Waals surface area contributed by atoms with Gasteiger partial charge in [-0.15, -0.1) is 0 Å². The van der Waals surface area contributed by atoms with Crippen molar-refractivity contribution in [2.24, 2.45) is 0 Å². The topological polar surface area (TPSA) is 58.6 Å². The molecule has 0 bridgehead atoms. The summed E-state index contributed by atoms with van der Waals surface area (Å²) < 4.78 is 5.30. The van der Waals surface area contributed by atoms with E-state index < -0.39 is 11.5 Å². The fourth-order valence-electron chi connectivity index (χ4n) is 2.81. The number of nitrogens with one attached hydrogen (secondary N) is 1. The van der Waals surface area contributed by atoms with E-state index in [0.29, 0.717) is 10.6 Å². The van der Waals surface area contributed by atoms with E-state index in [0.717, 1.165) is 11.4 Å². The number of benzene rings is 2. The lowest BCUT2D eigenvalue weighted by Crippen LogP contribution is -2.54. The first-order valence-electron chi connectivity index (χ1n) is 8.11. The van der Waals surface area contributed by atoms with Gasteiger partial charge in [-0.25, -0.2) is 4.79 Å². The zero-order valence-electron chi connectivity index (χ0n) is 14.4. The minimum absolute atomic E-state index is 0.0647. The molecule has 1 aliphatic heterocycles. The van der Waals surface area contributed by atoms with Gasteiger partial charge in [0, 0.05) is 0 Å². The van der Waals surface area contributed by atoms with Crippen molar-refractivity contribution < 1.29 is 14.3 Å². The van der Waals surface area contributed by atoms with E-state index in [2.05, 4.69) is 5.32 Å². The Balaban J connectivity index is 1.70. The quantitative estimate of drug-likeness (QED) is 0.783. The van der Waals surface area contributed by atoms with Crippen LogP contribution in [-0.4, -0.2) is 30.6 Å². The predicted octanol–water partition coefficient (Wildman–Crippen LogP) is 4.39. The summed E-state index contributed by atoms with van der Waals surface area (Å²) in [6.07, 6.45) is 0. The van der Waals surface area contributed by atoms with Crippen molar-refractivity contribution in [2.45, 2.75) is 19.4 Å². The van der Waals surface area contributed by atoms with E-state index in [1.807, 2.05) is 38.1 Å². The molecule has 0 saturated carbocycles. The van der Waals surface area contributed by atoms with Gasteiger partial charge in [-0.2, -0.15) is 0 Å². The standard InChI is InChI=1S/C19H18Cl2N2O3/c1-19(2)18(25)23(16-6-4-3-5-15(16)22-19)9-10-26-17(24)12-7-8-13(20)14(21)11-12/h3-8,11,22H,9-10H2,1-2H3. The number of hydrogen-bond donors (Lipinski definition) is 1. The van der Waals surface area contributed by atoms with Crippen molar-refractivity contribution in [3.8, 4) is 0 Å². The van der Waals surface area contributed by atoms with Gasteiger partial charge < -0.3 is 15.0 Å². The molecule has 0 radical (unpaired) electrons. The van der Waals surface area contributed by atoms with Crippen molar-refractivity contribution in [3.05, 3.63) is 58.1 Å². The van der Waals surface area contributed by atoms with Gasteiger partial charge in [0.25, 0.3) is 5.91 Å². The van der Waals surface area contributed by atoms with Crippen LogP contribution in [0.25, 0.3) is 0 Å². The van der Waals surface area contributed by atoms with Crippen LogP contribution in [0.3, 0.4) is 0 Å². The van der Waals surface area contributed by atoms with Gasteiger partial charge >= 0.3 is 5.97 Å². The number of amides is 1. The average Bonchev–Trinajstić information content (AvgIpc) is 2.60. The van der Waals surface area contributed by atoms with Gasteiger partial charge in [-0.3, -0.25) is 4.79 Å². The maximum absolute atomic E-state index is 12.7. The van der Waals surface area contributed by atoms with E-state index in [4.69, 9.17) is 27.9 Å². The lowest BCUT2D eigenvalue weighted by Gasteiger charge is -2.39. The molecule has 1 amide bonds. The second-order valence-electron chi connectivity index (χ2n) is 6.49. The van der Waals surface area contributed by atoms with E-state index in [9.17, 15) is 9.59 Å². The van der Waals surface area contributed by atoms with Gasteiger partial charge in [0.05, 0.1) is 33.5 Å². The summed E-state index contributed by atoms with van der Waals surface area (Å²) in [5.41, 5.74) is 1.21. The SMILES string of the molecule is CC1(C)Nc2ccccc2N(CCOC(=O)c2ccc(Cl)c(Cl)c2)C1=O. The molecule has 1 N–H and O–H groups in total. The van der Waals surface area contributed by atoms with Crippen LogP contribution in [0, 0.1) is 0 Å². The lowest BCUT2D eigenvalue weighted by atomic mass is 9.98. The van der Waals surface area contributed by atoms with E-state index in [1.54, 1.807) is 17.0 Å². The molecule has 3 rings (SSSR count). The molecule has 26 heavy (non-hydrogen) atoms. The zero-order valence-corrected chi connectivity index (χ0v) is 15.9. The Morgan fingerprint density at radius 1 is 1.15 bits per heavy atom. The Morgan fingerprint density at radius 3 is 2.62 bits per heavy atom. The van der Waals surface area contributed by atoms with Crippen LogP contribution in [0.15, 0.2) is 42.5 Å². The van der Waals surface area contributed by atoms with Gasteiger partial charge in [-0.05, 0) is 44.2 Å². The molecular weight excluding hydrogens is 375 g/mol. The van der Waals surface area contributed by atoms with Crippen LogP contribution >= 0.6 is 23.2 Å². The van der Waals surface area contributed by atoms with E-state index in [1.165, 1.54) is 6.07 Å². The Hall–Kier alpha value is -2.24. The second-order valence-corrected chi connectivity index (χ2v) is 7.30. The number of ether oxygens (including phenoxy) is 1. The van der Waals surface area contributed by atoms with E-state index >= 15 is 0 Å². The van der Waals surface area contributed by atoms with Gasteiger partial charge in [0.2, 0.25) is 0 Å². The van der Waals surface area contributed by atoms with Crippen LogP contribution in [0.2, 0.25) is 10.0 Å². The molecular formula is C19H18Cl2N2O3. The number of anilines is 2. The second kappa shape index (κ2) is 7.17. The highest BCUT2D eigenvalue weighted by Gasteiger charge is 2.38. The molecule has 0 aromatic heterocycles. The first kappa shape index (κ1) is 18.5. The summed E-state index contributed by atoms with van der Waals surface area (Å²) in [4.78, 5) is 26.5. The summed E-state index contributed by atoms with van der Waals surface area (Å²) >= 11 is 11.8. The van der Waals surface area contributed by atoms with Gasteiger partial charge in [0.15, 0.2) is 0 Å². The number of para-hydroxylation sites is 2.